The number of furan rings is 1. The van der Waals surface area contributed by atoms with Gasteiger partial charge < -0.3 is 19.0 Å². The number of hydrogen-bond acceptors (Lipinski definition) is 4. The lowest BCUT2D eigenvalue weighted by Crippen LogP contribution is -2.58. The predicted molar refractivity (Wildman–Crippen MR) is 79.6 cm³/mol. The van der Waals surface area contributed by atoms with E-state index in [1.54, 1.807) is 11.0 Å². The van der Waals surface area contributed by atoms with E-state index >= 15 is 0 Å². The molecule has 1 aromatic rings. The molecular formula is C16H22N2O4. The van der Waals surface area contributed by atoms with Gasteiger partial charge >= 0.3 is 0 Å². The highest BCUT2D eigenvalue weighted by Crippen LogP contribution is 2.31. The molecule has 1 aromatic heterocycles. The van der Waals surface area contributed by atoms with Gasteiger partial charge in [0.25, 0.3) is 5.91 Å². The third-order valence-electron chi connectivity index (χ3n) is 4.69. The van der Waals surface area contributed by atoms with Gasteiger partial charge in [0.1, 0.15) is 18.1 Å². The third kappa shape index (κ3) is 2.63. The van der Waals surface area contributed by atoms with Gasteiger partial charge in [-0.3, -0.25) is 9.59 Å². The summed E-state index contributed by atoms with van der Waals surface area (Å²) in [5.74, 6) is 1.46. The van der Waals surface area contributed by atoms with Crippen molar-refractivity contribution in [3.05, 3.63) is 23.2 Å². The number of hydrogen-bond donors (Lipinski definition) is 0. The fourth-order valence-electron chi connectivity index (χ4n) is 3.32. The molecule has 6 nitrogen and oxygen atoms in total. The molecule has 0 aliphatic carbocycles. The van der Waals surface area contributed by atoms with Crippen molar-refractivity contribution in [2.45, 2.75) is 32.3 Å². The highest BCUT2D eigenvalue weighted by Gasteiger charge is 2.42. The van der Waals surface area contributed by atoms with Crippen LogP contribution in [-0.2, 0) is 9.53 Å². The molecule has 0 atom stereocenters. The quantitative estimate of drug-likeness (QED) is 0.786. The Morgan fingerprint density at radius 2 is 1.95 bits per heavy atom. The van der Waals surface area contributed by atoms with Crippen LogP contribution in [0.15, 0.2) is 10.5 Å². The summed E-state index contributed by atoms with van der Waals surface area (Å²) in [4.78, 5) is 27.7. The van der Waals surface area contributed by atoms with Crippen molar-refractivity contribution in [2.75, 3.05) is 33.3 Å². The van der Waals surface area contributed by atoms with Gasteiger partial charge in [-0.05, 0) is 32.8 Å². The van der Waals surface area contributed by atoms with Gasteiger partial charge in [-0.25, -0.2) is 0 Å². The summed E-state index contributed by atoms with van der Waals surface area (Å²) in [6.45, 7) is 5.70. The normalized spacial score (nSPS) is 21.5. The maximum atomic E-state index is 12.6. The van der Waals surface area contributed by atoms with E-state index in [2.05, 4.69) is 0 Å². The van der Waals surface area contributed by atoms with Crippen molar-refractivity contribution >= 4 is 11.8 Å². The number of amides is 2. The largest absolute Gasteiger partial charge is 0.466 e. The number of nitrogens with zero attached hydrogens (tertiary/aromatic N) is 2. The van der Waals surface area contributed by atoms with Crippen molar-refractivity contribution in [3.63, 3.8) is 0 Å². The van der Waals surface area contributed by atoms with Crippen molar-refractivity contribution < 1.29 is 18.7 Å². The van der Waals surface area contributed by atoms with E-state index in [0.29, 0.717) is 31.0 Å². The molecule has 0 bridgehead atoms. The Morgan fingerprint density at radius 1 is 1.27 bits per heavy atom. The van der Waals surface area contributed by atoms with Crippen LogP contribution in [0.2, 0.25) is 0 Å². The van der Waals surface area contributed by atoms with Crippen LogP contribution in [-0.4, -0.2) is 60.5 Å². The standard InChI is InChI=1S/C16H22N2O4/c1-11-8-13(12(2)22-11)15(20)18-6-4-16(5-7-18)10-17(3)14(19)9-21-16/h8H,4-7,9-10H2,1-3H3. The van der Waals surface area contributed by atoms with Crippen LogP contribution in [0.4, 0.5) is 0 Å². The van der Waals surface area contributed by atoms with Gasteiger partial charge in [-0.15, -0.1) is 0 Å². The lowest BCUT2D eigenvalue weighted by atomic mass is 9.89. The molecule has 0 saturated carbocycles. The molecule has 3 rings (SSSR count). The summed E-state index contributed by atoms with van der Waals surface area (Å²) in [5, 5.41) is 0. The molecule has 120 valence electrons. The molecule has 1 spiro atoms. The van der Waals surface area contributed by atoms with E-state index in [4.69, 9.17) is 9.15 Å². The zero-order chi connectivity index (χ0) is 15.9. The Bertz CT molecular complexity index is 599. The predicted octanol–water partition coefficient (Wildman–Crippen LogP) is 1.36. The number of likely N-dealkylation sites (N-methyl/N-ethyl adjacent to an activating group) is 1. The Hall–Kier alpha value is -1.82. The highest BCUT2D eigenvalue weighted by molar-refractivity contribution is 5.95. The first kappa shape index (κ1) is 15.1. The zero-order valence-corrected chi connectivity index (χ0v) is 13.3. The van der Waals surface area contributed by atoms with Gasteiger partial charge in [0.2, 0.25) is 5.91 Å². The Balaban J connectivity index is 1.66. The van der Waals surface area contributed by atoms with Crippen LogP contribution in [0.1, 0.15) is 34.7 Å². The molecule has 3 heterocycles. The second-order valence-electron chi connectivity index (χ2n) is 6.34. The molecule has 0 radical (unpaired) electrons. The van der Waals surface area contributed by atoms with Gasteiger partial charge in [0, 0.05) is 26.7 Å². The van der Waals surface area contributed by atoms with Crippen LogP contribution in [0.25, 0.3) is 0 Å². The third-order valence-corrected chi connectivity index (χ3v) is 4.69. The Morgan fingerprint density at radius 3 is 2.50 bits per heavy atom. The number of likely N-dealkylation sites (tertiary alicyclic amines) is 1. The van der Waals surface area contributed by atoms with Crippen molar-refractivity contribution in [2.24, 2.45) is 0 Å². The summed E-state index contributed by atoms with van der Waals surface area (Å²) < 4.78 is 11.2. The van der Waals surface area contributed by atoms with Crippen LogP contribution in [0.3, 0.4) is 0 Å². The molecule has 0 unspecified atom stereocenters. The molecule has 2 aliphatic heterocycles. The zero-order valence-electron chi connectivity index (χ0n) is 13.3. The number of rotatable bonds is 1. The van der Waals surface area contributed by atoms with Crippen molar-refractivity contribution in [1.82, 2.24) is 9.80 Å². The Labute approximate surface area is 130 Å². The number of carbonyl (C=O) groups is 2. The van der Waals surface area contributed by atoms with Gasteiger partial charge in [0.15, 0.2) is 0 Å². The molecule has 2 aliphatic rings. The van der Waals surface area contributed by atoms with Crippen LogP contribution >= 0.6 is 0 Å². The van der Waals surface area contributed by atoms with Gasteiger partial charge in [-0.2, -0.15) is 0 Å². The molecule has 2 amide bonds. The molecule has 2 saturated heterocycles. The lowest BCUT2D eigenvalue weighted by Gasteiger charge is -2.46. The van der Waals surface area contributed by atoms with E-state index in [1.807, 2.05) is 25.8 Å². The fraction of sp³-hybridized carbons (Fsp3) is 0.625. The SMILES string of the molecule is Cc1cc(C(=O)N2CCC3(CC2)CN(C)C(=O)CO3)c(C)o1. The van der Waals surface area contributed by atoms with E-state index in [-0.39, 0.29) is 24.0 Å². The molecule has 2 fully saturated rings. The van der Waals surface area contributed by atoms with E-state index in [9.17, 15) is 9.59 Å². The van der Waals surface area contributed by atoms with E-state index in [0.717, 1.165) is 18.6 Å². The summed E-state index contributed by atoms with van der Waals surface area (Å²) in [5.41, 5.74) is 0.353. The number of aryl methyl sites for hydroxylation is 2. The minimum absolute atomic E-state index is 0.0180. The topological polar surface area (TPSA) is 63.0 Å². The first-order valence-corrected chi connectivity index (χ1v) is 7.64. The first-order chi connectivity index (χ1) is 10.4. The maximum Gasteiger partial charge on any atom is 0.257 e. The molecule has 0 aromatic carbocycles. The number of piperidine rings is 1. The monoisotopic (exact) mass is 306 g/mol. The second kappa shape index (κ2) is 5.43. The van der Waals surface area contributed by atoms with Gasteiger partial charge in [0.05, 0.1) is 11.2 Å². The highest BCUT2D eigenvalue weighted by atomic mass is 16.5. The second-order valence-corrected chi connectivity index (χ2v) is 6.34. The van der Waals surface area contributed by atoms with Crippen LogP contribution < -0.4 is 0 Å². The van der Waals surface area contributed by atoms with E-state index in [1.165, 1.54) is 0 Å². The molecule has 0 N–H and O–H groups in total. The summed E-state index contributed by atoms with van der Waals surface area (Å²) >= 11 is 0. The van der Waals surface area contributed by atoms with Crippen molar-refractivity contribution in [3.8, 4) is 0 Å². The van der Waals surface area contributed by atoms with Crippen LogP contribution in [0.5, 0.6) is 0 Å². The maximum absolute atomic E-state index is 12.6. The smallest absolute Gasteiger partial charge is 0.257 e. The average Bonchev–Trinajstić information content (AvgIpc) is 2.82. The minimum atomic E-state index is -0.291. The molecule has 22 heavy (non-hydrogen) atoms. The average molecular weight is 306 g/mol. The number of morpholine rings is 1. The van der Waals surface area contributed by atoms with E-state index < -0.39 is 0 Å². The van der Waals surface area contributed by atoms with Gasteiger partial charge in [-0.1, -0.05) is 0 Å². The molecular weight excluding hydrogens is 284 g/mol. The number of carbonyl (C=O) groups excluding carboxylic acids is 2. The lowest BCUT2D eigenvalue weighted by molar-refractivity contribution is -0.167. The number of ether oxygens (including phenoxy) is 1. The summed E-state index contributed by atoms with van der Waals surface area (Å²) in [7, 11) is 1.81. The Kier molecular flexibility index (Phi) is 3.72. The minimum Gasteiger partial charge on any atom is -0.466 e. The molecule has 6 heteroatoms. The van der Waals surface area contributed by atoms with Crippen LogP contribution in [0, 0.1) is 13.8 Å². The summed E-state index contributed by atoms with van der Waals surface area (Å²) in [6.07, 6.45) is 1.51. The first-order valence-electron chi connectivity index (χ1n) is 7.64. The van der Waals surface area contributed by atoms with Crippen molar-refractivity contribution in [1.29, 1.82) is 0 Å². The summed E-state index contributed by atoms with van der Waals surface area (Å²) in [6, 6.07) is 1.80. The fourth-order valence-corrected chi connectivity index (χ4v) is 3.32.